The molecule has 0 atom stereocenters. The van der Waals surface area contributed by atoms with Gasteiger partial charge in [0.25, 0.3) is 0 Å². The number of amides is 1. The molecule has 0 aliphatic heterocycles. The van der Waals surface area contributed by atoms with Crippen molar-refractivity contribution in [3.05, 3.63) is 45.2 Å². The molecular formula is C12H12ClN3O3. The van der Waals surface area contributed by atoms with E-state index in [4.69, 9.17) is 16.1 Å². The largest absolute Gasteiger partial charge is 0.366 e. The number of halogens is 1. The average molecular weight is 282 g/mol. The van der Waals surface area contributed by atoms with Crippen LogP contribution in [0.1, 0.15) is 17.7 Å². The molecule has 0 aromatic carbocycles. The number of nitrogens with zero attached hydrogens (tertiary/aromatic N) is 1. The fraction of sp³-hybridized carbons (Fsp3) is 0.250. The Morgan fingerprint density at radius 2 is 2.37 bits per heavy atom. The first-order chi connectivity index (χ1) is 9.08. The van der Waals surface area contributed by atoms with Crippen LogP contribution in [0, 0.1) is 6.92 Å². The molecule has 0 spiro atoms. The molecule has 2 rings (SSSR count). The number of carbonyl (C=O) groups excluding carboxylic acids is 1. The zero-order valence-corrected chi connectivity index (χ0v) is 11.0. The Hall–Kier alpha value is -2.08. The molecule has 100 valence electrons. The highest BCUT2D eigenvalue weighted by Crippen LogP contribution is 2.20. The molecule has 19 heavy (non-hydrogen) atoms. The van der Waals surface area contributed by atoms with Crippen LogP contribution in [0.4, 0.5) is 5.69 Å². The van der Waals surface area contributed by atoms with Gasteiger partial charge in [-0.05, 0) is 24.9 Å². The van der Waals surface area contributed by atoms with Gasteiger partial charge in [-0.3, -0.25) is 9.59 Å². The summed E-state index contributed by atoms with van der Waals surface area (Å²) in [5.41, 5.74) is 1.35. The Morgan fingerprint density at radius 3 is 3.00 bits per heavy atom. The Kier molecular flexibility index (Phi) is 4.01. The smallest absolute Gasteiger partial charge is 0.229 e. The van der Waals surface area contributed by atoms with E-state index in [1.165, 1.54) is 18.5 Å². The fourth-order valence-electron chi connectivity index (χ4n) is 1.61. The molecule has 0 bridgehead atoms. The number of hydrogen-bond donors (Lipinski definition) is 2. The van der Waals surface area contributed by atoms with Crippen molar-refractivity contribution in [3.8, 4) is 0 Å². The van der Waals surface area contributed by atoms with E-state index in [9.17, 15) is 9.59 Å². The van der Waals surface area contributed by atoms with Crippen LogP contribution in [-0.4, -0.2) is 16.0 Å². The summed E-state index contributed by atoms with van der Waals surface area (Å²) < 4.78 is 4.79. The van der Waals surface area contributed by atoms with Crippen molar-refractivity contribution in [3.63, 3.8) is 0 Å². The number of nitrogens with one attached hydrogen (secondary N) is 2. The van der Waals surface area contributed by atoms with Gasteiger partial charge in [0.1, 0.15) is 5.69 Å². The third-order valence-corrected chi connectivity index (χ3v) is 2.93. The average Bonchev–Trinajstić information content (AvgIpc) is 2.70. The lowest BCUT2D eigenvalue weighted by Crippen LogP contribution is -2.18. The van der Waals surface area contributed by atoms with Crippen molar-refractivity contribution in [2.45, 2.75) is 19.8 Å². The summed E-state index contributed by atoms with van der Waals surface area (Å²) in [6.07, 6.45) is 3.54. The highest BCUT2D eigenvalue weighted by atomic mass is 35.5. The number of hydrogen-bond acceptors (Lipinski definition) is 4. The van der Waals surface area contributed by atoms with Gasteiger partial charge in [-0.2, -0.15) is 0 Å². The molecule has 2 aromatic rings. The molecule has 2 N–H and O–H groups in total. The van der Waals surface area contributed by atoms with Gasteiger partial charge in [-0.1, -0.05) is 5.16 Å². The molecule has 2 aromatic heterocycles. The van der Waals surface area contributed by atoms with Crippen molar-refractivity contribution < 1.29 is 9.32 Å². The van der Waals surface area contributed by atoms with Gasteiger partial charge < -0.3 is 14.8 Å². The van der Waals surface area contributed by atoms with Crippen LogP contribution in [0.3, 0.4) is 0 Å². The third-order valence-electron chi connectivity index (χ3n) is 2.64. The number of anilines is 1. The lowest BCUT2D eigenvalue weighted by Gasteiger charge is -2.03. The molecular weight excluding hydrogens is 270 g/mol. The summed E-state index contributed by atoms with van der Waals surface area (Å²) in [7, 11) is 0. The molecule has 1 amide bonds. The van der Waals surface area contributed by atoms with Crippen molar-refractivity contribution in [2.75, 3.05) is 5.32 Å². The van der Waals surface area contributed by atoms with Crippen LogP contribution in [0.15, 0.2) is 27.8 Å². The number of H-pyrrole nitrogens is 1. The summed E-state index contributed by atoms with van der Waals surface area (Å²) in [4.78, 5) is 25.9. The maximum Gasteiger partial charge on any atom is 0.229 e. The van der Waals surface area contributed by atoms with Gasteiger partial charge in [0, 0.05) is 30.4 Å². The Balaban J connectivity index is 1.96. The fourth-order valence-corrected chi connectivity index (χ4v) is 1.87. The van der Waals surface area contributed by atoms with Gasteiger partial charge in [0.05, 0.1) is 5.69 Å². The van der Waals surface area contributed by atoms with Gasteiger partial charge in [0.15, 0.2) is 0 Å². The summed E-state index contributed by atoms with van der Waals surface area (Å²) in [5, 5.41) is 6.43. The molecule has 2 heterocycles. The van der Waals surface area contributed by atoms with E-state index in [1.54, 1.807) is 6.92 Å². The van der Waals surface area contributed by atoms with Gasteiger partial charge >= 0.3 is 0 Å². The number of carbonyl (C=O) groups is 1. The number of aryl methyl sites for hydroxylation is 1. The zero-order valence-electron chi connectivity index (χ0n) is 10.2. The topological polar surface area (TPSA) is 88.0 Å². The van der Waals surface area contributed by atoms with E-state index in [0.29, 0.717) is 17.7 Å². The normalized spacial score (nSPS) is 10.4. The number of rotatable bonds is 4. The van der Waals surface area contributed by atoms with E-state index < -0.39 is 0 Å². The lowest BCUT2D eigenvalue weighted by atomic mass is 10.1. The minimum atomic E-state index is -0.270. The van der Waals surface area contributed by atoms with E-state index in [-0.39, 0.29) is 28.7 Å². The Bertz CT molecular complexity index is 628. The molecule has 0 aliphatic carbocycles. The molecule has 0 unspecified atom stereocenters. The standard InChI is InChI=1S/C12H12ClN3O3/c1-7-8(12(13)19-16-7)2-3-11(18)15-9-6-14-5-4-10(9)17/h4-6H,2-3H2,1H3,(H,14,17)(H,15,18). The van der Waals surface area contributed by atoms with Crippen molar-refractivity contribution in [1.82, 2.24) is 10.1 Å². The Labute approximate surface area is 113 Å². The Morgan fingerprint density at radius 1 is 1.58 bits per heavy atom. The first-order valence-corrected chi connectivity index (χ1v) is 6.03. The minimum Gasteiger partial charge on any atom is -0.366 e. The van der Waals surface area contributed by atoms with Gasteiger partial charge in [0.2, 0.25) is 16.6 Å². The molecule has 0 radical (unpaired) electrons. The van der Waals surface area contributed by atoms with Crippen molar-refractivity contribution >= 4 is 23.2 Å². The van der Waals surface area contributed by atoms with Gasteiger partial charge in [-0.15, -0.1) is 0 Å². The summed E-state index contributed by atoms with van der Waals surface area (Å²) in [6.45, 7) is 1.75. The zero-order chi connectivity index (χ0) is 13.8. The van der Waals surface area contributed by atoms with Crippen LogP contribution in [0.5, 0.6) is 0 Å². The first-order valence-electron chi connectivity index (χ1n) is 5.65. The van der Waals surface area contributed by atoms with E-state index in [1.807, 2.05) is 0 Å². The highest BCUT2D eigenvalue weighted by Gasteiger charge is 2.13. The highest BCUT2D eigenvalue weighted by molar-refractivity contribution is 6.29. The summed E-state index contributed by atoms with van der Waals surface area (Å²) in [5.74, 6) is -0.270. The number of pyridine rings is 1. The number of aromatic nitrogens is 2. The maximum atomic E-state index is 11.7. The predicted molar refractivity (Wildman–Crippen MR) is 70.3 cm³/mol. The lowest BCUT2D eigenvalue weighted by molar-refractivity contribution is -0.116. The third kappa shape index (κ3) is 3.23. The monoisotopic (exact) mass is 281 g/mol. The second-order valence-electron chi connectivity index (χ2n) is 3.99. The summed E-state index contributed by atoms with van der Waals surface area (Å²) >= 11 is 5.80. The second-order valence-corrected chi connectivity index (χ2v) is 4.33. The summed E-state index contributed by atoms with van der Waals surface area (Å²) in [6, 6.07) is 1.34. The van der Waals surface area contributed by atoms with Crippen molar-refractivity contribution in [2.24, 2.45) is 0 Å². The SMILES string of the molecule is Cc1noc(Cl)c1CCC(=O)Nc1c[nH]ccc1=O. The quantitative estimate of drug-likeness (QED) is 0.896. The predicted octanol–water partition coefficient (Wildman–Crippen LogP) is 1.90. The van der Waals surface area contributed by atoms with Crippen molar-refractivity contribution in [1.29, 1.82) is 0 Å². The maximum absolute atomic E-state index is 11.7. The molecule has 0 aliphatic rings. The van der Waals surface area contributed by atoms with Crippen LogP contribution < -0.4 is 10.7 Å². The number of aromatic amines is 1. The van der Waals surface area contributed by atoms with Crippen LogP contribution in [0.25, 0.3) is 0 Å². The minimum absolute atomic E-state index is 0.191. The van der Waals surface area contributed by atoms with Crippen LogP contribution >= 0.6 is 11.6 Å². The second kappa shape index (κ2) is 5.71. The molecule has 0 saturated carbocycles. The van der Waals surface area contributed by atoms with E-state index in [0.717, 1.165) is 0 Å². The van der Waals surface area contributed by atoms with Gasteiger partial charge in [-0.25, -0.2) is 0 Å². The molecule has 7 heteroatoms. The first kappa shape index (κ1) is 13.4. The molecule has 6 nitrogen and oxygen atoms in total. The molecule has 0 fully saturated rings. The van der Waals surface area contributed by atoms with E-state index >= 15 is 0 Å². The van der Waals surface area contributed by atoms with Crippen LogP contribution in [0.2, 0.25) is 5.22 Å². The molecule has 0 saturated heterocycles. The van der Waals surface area contributed by atoms with Crippen LogP contribution in [-0.2, 0) is 11.2 Å². The van der Waals surface area contributed by atoms with E-state index in [2.05, 4.69) is 15.5 Å².